The summed E-state index contributed by atoms with van der Waals surface area (Å²) in [7, 11) is -2.80. The minimum Gasteiger partial charge on any atom is -0.382 e. The Kier molecular flexibility index (Phi) is 7.01. The van der Waals surface area contributed by atoms with Crippen molar-refractivity contribution >= 4 is 10.0 Å². The van der Waals surface area contributed by atoms with Gasteiger partial charge in [0.2, 0.25) is 10.0 Å². The van der Waals surface area contributed by atoms with E-state index < -0.39 is 39.1 Å². The van der Waals surface area contributed by atoms with Crippen LogP contribution in [-0.2, 0) is 22.2 Å². The van der Waals surface area contributed by atoms with Crippen LogP contribution >= 0.6 is 0 Å². The second-order valence-electron chi connectivity index (χ2n) is 8.14. The maximum absolute atomic E-state index is 14.6. The van der Waals surface area contributed by atoms with Crippen LogP contribution in [0.1, 0.15) is 33.3 Å². The highest BCUT2D eigenvalue weighted by molar-refractivity contribution is 7.89. The molecule has 0 unspecified atom stereocenters. The van der Waals surface area contributed by atoms with E-state index in [1.165, 1.54) is 31.3 Å². The first kappa shape index (κ1) is 23.9. The Morgan fingerprint density at radius 2 is 1.97 bits per heavy atom. The molecule has 164 valence electrons. The third-order valence-electron chi connectivity index (χ3n) is 4.59. The van der Waals surface area contributed by atoms with E-state index in [-0.39, 0.29) is 17.5 Å². The summed E-state index contributed by atoms with van der Waals surface area (Å²) in [6, 6.07) is 2.59. The minimum absolute atomic E-state index is 0.102. The number of sulfonamides is 1. The van der Waals surface area contributed by atoms with Gasteiger partial charge in [-0.1, -0.05) is 17.9 Å². The topological polar surface area (TPSA) is 88.3 Å². The highest BCUT2D eigenvalue weighted by atomic mass is 32.2. The zero-order chi connectivity index (χ0) is 22.7. The predicted octanol–water partition coefficient (Wildman–Crippen LogP) is 2.14. The van der Waals surface area contributed by atoms with E-state index in [9.17, 15) is 22.3 Å². The summed E-state index contributed by atoms with van der Waals surface area (Å²) in [5.41, 5.74) is -2.92. The Morgan fingerprint density at radius 1 is 1.30 bits per heavy atom. The van der Waals surface area contributed by atoms with E-state index in [4.69, 9.17) is 0 Å². The molecule has 1 aromatic carbocycles. The summed E-state index contributed by atoms with van der Waals surface area (Å²) in [6.45, 7) is 6.44. The van der Waals surface area contributed by atoms with Crippen LogP contribution in [0, 0.1) is 28.9 Å². The van der Waals surface area contributed by atoms with Gasteiger partial charge < -0.3 is 5.11 Å². The Labute approximate surface area is 175 Å². The lowest BCUT2D eigenvalue weighted by molar-refractivity contribution is 0.00985. The molecule has 0 aliphatic carbocycles. The van der Waals surface area contributed by atoms with Crippen molar-refractivity contribution < 1.29 is 22.3 Å². The fraction of sp³-hybridized carbons (Fsp3) is 0.500. The SMILES string of the molecule is C[C@H]([C@](O)(Cn1cncn1)c1ccc(F)cc1F)S(=O)(=O)N(C)CC#CC(C)(C)C. The Hall–Kier alpha value is -2.35. The van der Waals surface area contributed by atoms with Crippen molar-refractivity contribution in [1.82, 2.24) is 19.1 Å². The normalized spacial score (nSPS) is 15.4. The number of benzene rings is 1. The summed E-state index contributed by atoms with van der Waals surface area (Å²) in [5.74, 6) is 3.85. The molecule has 2 atom stereocenters. The molecule has 0 spiro atoms. The van der Waals surface area contributed by atoms with Crippen LogP contribution < -0.4 is 0 Å². The molecule has 0 bridgehead atoms. The summed E-state index contributed by atoms with van der Waals surface area (Å²) < 4.78 is 56.5. The lowest BCUT2D eigenvalue weighted by atomic mass is 9.90. The second kappa shape index (κ2) is 8.79. The lowest BCUT2D eigenvalue weighted by Gasteiger charge is -2.36. The van der Waals surface area contributed by atoms with Crippen LogP contribution in [0.15, 0.2) is 30.9 Å². The van der Waals surface area contributed by atoms with E-state index in [1.54, 1.807) is 0 Å². The molecule has 0 aliphatic heterocycles. The first-order valence-electron chi connectivity index (χ1n) is 9.23. The van der Waals surface area contributed by atoms with Crippen molar-refractivity contribution in [2.75, 3.05) is 13.6 Å². The molecule has 1 aromatic heterocycles. The maximum atomic E-state index is 14.6. The van der Waals surface area contributed by atoms with Crippen molar-refractivity contribution in [3.63, 3.8) is 0 Å². The molecule has 0 radical (unpaired) electrons. The third-order valence-corrected chi connectivity index (χ3v) is 6.87. The highest BCUT2D eigenvalue weighted by Crippen LogP contribution is 2.34. The largest absolute Gasteiger partial charge is 0.382 e. The second-order valence-corrected chi connectivity index (χ2v) is 10.5. The molecule has 0 saturated carbocycles. The van der Waals surface area contributed by atoms with Gasteiger partial charge in [0.1, 0.15) is 35.1 Å². The van der Waals surface area contributed by atoms with E-state index in [0.29, 0.717) is 6.07 Å². The van der Waals surface area contributed by atoms with Crippen molar-refractivity contribution in [3.05, 3.63) is 48.1 Å². The van der Waals surface area contributed by atoms with Crippen molar-refractivity contribution in [2.45, 2.75) is 45.1 Å². The average molecular weight is 441 g/mol. The summed E-state index contributed by atoms with van der Waals surface area (Å²) in [6.07, 6.45) is 2.47. The number of rotatable bonds is 7. The molecule has 30 heavy (non-hydrogen) atoms. The number of hydrogen-bond donors (Lipinski definition) is 1. The molecule has 1 heterocycles. The van der Waals surface area contributed by atoms with Gasteiger partial charge in [-0.2, -0.15) is 9.40 Å². The first-order chi connectivity index (χ1) is 13.8. The molecule has 2 aromatic rings. The molecule has 1 N–H and O–H groups in total. The van der Waals surface area contributed by atoms with Gasteiger partial charge >= 0.3 is 0 Å². The van der Waals surface area contributed by atoms with E-state index in [1.807, 2.05) is 20.8 Å². The first-order valence-corrected chi connectivity index (χ1v) is 10.7. The fourth-order valence-electron chi connectivity index (χ4n) is 2.86. The van der Waals surface area contributed by atoms with Crippen LogP contribution in [0.4, 0.5) is 8.78 Å². The van der Waals surface area contributed by atoms with Gasteiger partial charge in [-0.15, -0.1) is 0 Å². The Balaban J connectivity index is 2.47. The number of nitrogens with zero attached hydrogens (tertiary/aromatic N) is 4. The summed E-state index contributed by atoms with van der Waals surface area (Å²) in [5, 5.41) is 13.8. The van der Waals surface area contributed by atoms with Crippen LogP contribution in [0.2, 0.25) is 0 Å². The molecule has 7 nitrogen and oxygen atoms in total. The van der Waals surface area contributed by atoms with Crippen molar-refractivity contribution in [1.29, 1.82) is 0 Å². The quantitative estimate of drug-likeness (QED) is 0.667. The van der Waals surface area contributed by atoms with E-state index in [2.05, 4.69) is 21.9 Å². The van der Waals surface area contributed by atoms with Gasteiger partial charge in [0.05, 0.1) is 13.1 Å². The van der Waals surface area contributed by atoms with Gasteiger partial charge in [0.25, 0.3) is 0 Å². The van der Waals surface area contributed by atoms with Crippen molar-refractivity contribution in [2.24, 2.45) is 5.41 Å². The zero-order valence-electron chi connectivity index (χ0n) is 17.6. The molecular formula is C20H26F2N4O3S. The third kappa shape index (κ3) is 5.41. The van der Waals surface area contributed by atoms with Gasteiger partial charge in [0.15, 0.2) is 0 Å². The van der Waals surface area contributed by atoms with Crippen molar-refractivity contribution in [3.8, 4) is 11.8 Å². The molecule has 0 fully saturated rings. The molecule has 10 heteroatoms. The maximum Gasteiger partial charge on any atom is 0.220 e. The number of halogens is 2. The van der Waals surface area contributed by atoms with Crippen LogP contribution in [-0.4, -0.2) is 51.4 Å². The summed E-state index contributed by atoms with van der Waals surface area (Å²) in [4.78, 5) is 3.77. The Bertz CT molecular complexity index is 1040. The highest BCUT2D eigenvalue weighted by Gasteiger charge is 2.47. The van der Waals surface area contributed by atoms with Gasteiger partial charge in [-0.05, 0) is 33.8 Å². The lowest BCUT2D eigenvalue weighted by Crippen LogP contribution is -2.50. The molecule has 0 saturated heterocycles. The van der Waals surface area contributed by atoms with Crippen LogP contribution in [0.3, 0.4) is 0 Å². The average Bonchev–Trinajstić information content (AvgIpc) is 3.12. The minimum atomic E-state index is -4.13. The molecular weight excluding hydrogens is 414 g/mol. The summed E-state index contributed by atoms with van der Waals surface area (Å²) >= 11 is 0. The Morgan fingerprint density at radius 3 is 2.50 bits per heavy atom. The van der Waals surface area contributed by atoms with Crippen LogP contribution in [0.5, 0.6) is 0 Å². The van der Waals surface area contributed by atoms with Crippen LogP contribution in [0.25, 0.3) is 0 Å². The van der Waals surface area contributed by atoms with Gasteiger partial charge in [0, 0.05) is 24.1 Å². The zero-order valence-corrected chi connectivity index (χ0v) is 18.4. The van der Waals surface area contributed by atoms with Gasteiger partial charge in [-0.3, -0.25) is 0 Å². The molecule has 0 aliphatic rings. The molecule has 2 rings (SSSR count). The fourth-order valence-corrected chi connectivity index (χ4v) is 4.34. The molecule has 0 amide bonds. The smallest absolute Gasteiger partial charge is 0.220 e. The standard InChI is InChI=1S/C20H26F2N4O3S/c1-15(30(28,29)25(5)10-6-9-19(2,3)4)20(27,12-26-14-23-13-24-26)17-8-7-16(21)11-18(17)22/h7-8,11,13-15,27H,10,12H2,1-5H3/t15-,20-/m1/s1. The predicted molar refractivity (Wildman–Crippen MR) is 109 cm³/mol. The van der Waals surface area contributed by atoms with Gasteiger partial charge in [-0.25, -0.2) is 26.9 Å². The number of hydrogen-bond acceptors (Lipinski definition) is 5. The van der Waals surface area contributed by atoms with E-state index >= 15 is 0 Å². The van der Waals surface area contributed by atoms with E-state index in [0.717, 1.165) is 16.4 Å². The number of aliphatic hydroxyl groups is 1. The monoisotopic (exact) mass is 440 g/mol. The number of aromatic nitrogens is 3.